The van der Waals surface area contributed by atoms with Gasteiger partial charge in [0.25, 0.3) is 0 Å². The van der Waals surface area contributed by atoms with E-state index in [1.54, 1.807) is 0 Å². The van der Waals surface area contributed by atoms with Crippen molar-refractivity contribution in [3.05, 3.63) is 35.7 Å². The zero-order chi connectivity index (χ0) is 10.4. The van der Waals surface area contributed by atoms with Gasteiger partial charge >= 0.3 is 0 Å². The van der Waals surface area contributed by atoms with Crippen LogP contribution in [-0.4, -0.2) is 4.98 Å². The molecule has 0 N–H and O–H groups in total. The molecule has 0 bridgehead atoms. The predicted molar refractivity (Wildman–Crippen MR) is 62.3 cm³/mol. The summed E-state index contributed by atoms with van der Waals surface area (Å²) in [5.74, 6) is 0.575. The zero-order valence-corrected chi connectivity index (χ0v) is 9.33. The summed E-state index contributed by atoms with van der Waals surface area (Å²) in [5.41, 5.74) is 2.57. The molecular weight excluding hydrogens is 170 g/mol. The molecule has 1 aromatic heterocycles. The Morgan fingerprint density at radius 2 is 2.14 bits per heavy atom. The zero-order valence-electron chi connectivity index (χ0n) is 9.33. The van der Waals surface area contributed by atoms with Gasteiger partial charge in [0.05, 0.1) is 5.69 Å². The SMILES string of the molecule is CC.CCCC1C=Cc2cccnc21. The van der Waals surface area contributed by atoms with Gasteiger partial charge in [0.15, 0.2) is 0 Å². The summed E-state index contributed by atoms with van der Waals surface area (Å²) in [6.07, 6.45) is 8.78. The fourth-order valence-electron chi connectivity index (χ4n) is 1.74. The van der Waals surface area contributed by atoms with Crippen LogP contribution in [0.25, 0.3) is 6.08 Å². The second-order valence-electron chi connectivity index (χ2n) is 3.23. The molecular formula is C13H19N. The Kier molecular flexibility index (Phi) is 4.37. The van der Waals surface area contributed by atoms with Gasteiger partial charge in [0.2, 0.25) is 0 Å². The van der Waals surface area contributed by atoms with Crippen molar-refractivity contribution in [2.75, 3.05) is 0 Å². The van der Waals surface area contributed by atoms with E-state index >= 15 is 0 Å². The molecule has 76 valence electrons. The first-order valence-corrected chi connectivity index (χ1v) is 5.55. The molecule has 14 heavy (non-hydrogen) atoms. The van der Waals surface area contributed by atoms with Crippen LogP contribution in [0.2, 0.25) is 0 Å². The lowest BCUT2D eigenvalue weighted by Crippen LogP contribution is -1.95. The summed E-state index contributed by atoms with van der Waals surface area (Å²) in [5, 5.41) is 0. The fraction of sp³-hybridized carbons (Fsp3) is 0.462. The van der Waals surface area contributed by atoms with Crippen LogP contribution in [0.15, 0.2) is 24.4 Å². The summed E-state index contributed by atoms with van der Waals surface area (Å²) in [4.78, 5) is 4.40. The van der Waals surface area contributed by atoms with Crippen molar-refractivity contribution >= 4 is 6.08 Å². The van der Waals surface area contributed by atoms with Crippen LogP contribution in [0, 0.1) is 0 Å². The molecule has 0 aromatic carbocycles. The van der Waals surface area contributed by atoms with Gasteiger partial charge < -0.3 is 0 Å². The van der Waals surface area contributed by atoms with Crippen molar-refractivity contribution in [1.29, 1.82) is 0 Å². The number of aromatic nitrogens is 1. The van der Waals surface area contributed by atoms with Gasteiger partial charge in [-0.3, -0.25) is 4.98 Å². The Morgan fingerprint density at radius 3 is 2.86 bits per heavy atom. The third kappa shape index (κ3) is 2.22. The van der Waals surface area contributed by atoms with Crippen molar-refractivity contribution in [3.8, 4) is 0 Å². The third-order valence-electron chi connectivity index (χ3n) is 2.33. The van der Waals surface area contributed by atoms with E-state index in [0.717, 1.165) is 0 Å². The molecule has 2 rings (SSSR count). The molecule has 1 heteroatoms. The van der Waals surface area contributed by atoms with Crippen molar-refractivity contribution < 1.29 is 0 Å². The monoisotopic (exact) mass is 189 g/mol. The van der Waals surface area contributed by atoms with E-state index in [9.17, 15) is 0 Å². The Balaban J connectivity index is 0.000000461. The van der Waals surface area contributed by atoms with Gasteiger partial charge in [-0.2, -0.15) is 0 Å². The maximum Gasteiger partial charge on any atom is 0.0544 e. The summed E-state index contributed by atoms with van der Waals surface area (Å²) >= 11 is 0. The van der Waals surface area contributed by atoms with Crippen LogP contribution < -0.4 is 0 Å². The molecule has 0 aliphatic heterocycles. The van der Waals surface area contributed by atoms with Gasteiger partial charge in [0.1, 0.15) is 0 Å². The lowest BCUT2D eigenvalue weighted by Gasteiger charge is -2.06. The number of hydrogen-bond donors (Lipinski definition) is 0. The molecule has 0 amide bonds. The number of pyridine rings is 1. The van der Waals surface area contributed by atoms with Crippen molar-refractivity contribution in [1.82, 2.24) is 4.98 Å². The van der Waals surface area contributed by atoms with Crippen LogP contribution in [0.5, 0.6) is 0 Å². The van der Waals surface area contributed by atoms with Crippen LogP contribution in [0.3, 0.4) is 0 Å². The molecule has 0 saturated carbocycles. The van der Waals surface area contributed by atoms with Crippen molar-refractivity contribution in [2.45, 2.75) is 39.5 Å². The Labute approximate surface area is 86.9 Å². The molecule has 1 aliphatic carbocycles. The molecule has 1 atom stereocenters. The number of fused-ring (bicyclic) bond motifs is 1. The Bertz CT molecular complexity index is 302. The molecule has 0 saturated heterocycles. The van der Waals surface area contributed by atoms with Crippen LogP contribution in [0.4, 0.5) is 0 Å². The molecule has 0 fully saturated rings. The average molecular weight is 189 g/mol. The van der Waals surface area contributed by atoms with E-state index in [4.69, 9.17) is 0 Å². The average Bonchev–Trinajstić information content (AvgIpc) is 2.66. The molecule has 1 aliphatic rings. The van der Waals surface area contributed by atoms with Gasteiger partial charge in [-0.1, -0.05) is 45.4 Å². The van der Waals surface area contributed by atoms with E-state index in [2.05, 4.69) is 30.1 Å². The maximum atomic E-state index is 4.40. The van der Waals surface area contributed by atoms with Gasteiger partial charge in [-0.15, -0.1) is 0 Å². The molecule has 1 aromatic rings. The van der Waals surface area contributed by atoms with E-state index in [1.165, 1.54) is 24.1 Å². The largest absolute Gasteiger partial charge is 0.260 e. The van der Waals surface area contributed by atoms with Crippen LogP contribution >= 0.6 is 0 Å². The maximum absolute atomic E-state index is 4.40. The van der Waals surface area contributed by atoms with Crippen molar-refractivity contribution in [3.63, 3.8) is 0 Å². The van der Waals surface area contributed by atoms with E-state index < -0.39 is 0 Å². The van der Waals surface area contributed by atoms with E-state index in [-0.39, 0.29) is 0 Å². The summed E-state index contributed by atoms with van der Waals surface area (Å²) < 4.78 is 0. The first-order valence-electron chi connectivity index (χ1n) is 5.55. The highest BCUT2D eigenvalue weighted by atomic mass is 14.7. The topological polar surface area (TPSA) is 12.9 Å². The molecule has 1 unspecified atom stereocenters. The first kappa shape index (κ1) is 11.0. The quantitative estimate of drug-likeness (QED) is 0.684. The molecule has 0 spiro atoms. The Morgan fingerprint density at radius 1 is 1.36 bits per heavy atom. The minimum absolute atomic E-state index is 0.575. The van der Waals surface area contributed by atoms with Crippen LogP contribution in [-0.2, 0) is 0 Å². The van der Waals surface area contributed by atoms with E-state index in [1.807, 2.05) is 26.1 Å². The number of allylic oxidation sites excluding steroid dienone is 1. The summed E-state index contributed by atoms with van der Waals surface area (Å²) in [6.45, 7) is 6.22. The second-order valence-corrected chi connectivity index (χ2v) is 3.23. The van der Waals surface area contributed by atoms with Gasteiger partial charge in [0, 0.05) is 12.1 Å². The molecule has 0 radical (unpaired) electrons. The number of hydrogen-bond acceptors (Lipinski definition) is 1. The lowest BCUT2D eigenvalue weighted by atomic mass is 10.0. The normalized spacial score (nSPS) is 17.2. The lowest BCUT2D eigenvalue weighted by molar-refractivity contribution is 0.708. The highest BCUT2D eigenvalue weighted by Gasteiger charge is 2.16. The summed E-state index contributed by atoms with van der Waals surface area (Å²) in [6, 6.07) is 4.13. The number of nitrogens with zero attached hydrogens (tertiary/aromatic N) is 1. The highest BCUT2D eigenvalue weighted by Crippen LogP contribution is 2.30. The molecule has 1 nitrogen and oxygen atoms in total. The van der Waals surface area contributed by atoms with Gasteiger partial charge in [-0.05, 0) is 18.1 Å². The van der Waals surface area contributed by atoms with E-state index in [0.29, 0.717) is 5.92 Å². The van der Waals surface area contributed by atoms with Crippen LogP contribution in [0.1, 0.15) is 50.8 Å². The number of rotatable bonds is 2. The Hall–Kier alpha value is -1.11. The second kappa shape index (κ2) is 5.58. The van der Waals surface area contributed by atoms with Crippen molar-refractivity contribution in [2.24, 2.45) is 0 Å². The minimum Gasteiger partial charge on any atom is -0.260 e. The third-order valence-corrected chi connectivity index (χ3v) is 2.33. The fourth-order valence-corrected chi connectivity index (χ4v) is 1.74. The standard InChI is InChI=1S/C11H13N.C2H6/c1-2-4-9-6-7-10-5-3-8-12-11(9)10;1-2/h3,5-9H,2,4H2,1H3;1-2H3. The molecule has 1 heterocycles. The highest BCUT2D eigenvalue weighted by molar-refractivity contribution is 5.59. The smallest absolute Gasteiger partial charge is 0.0544 e. The first-order chi connectivity index (χ1) is 6.92. The van der Waals surface area contributed by atoms with Gasteiger partial charge in [-0.25, -0.2) is 0 Å². The summed E-state index contributed by atoms with van der Waals surface area (Å²) in [7, 11) is 0. The minimum atomic E-state index is 0.575. The predicted octanol–water partition coefficient (Wildman–Crippen LogP) is 4.02.